The molecule has 2 aromatic rings. The molecule has 0 unspecified atom stereocenters. The first-order chi connectivity index (χ1) is 13.6. The van der Waals surface area contributed by atoms with Gasteiger partial charge in [-0.3, -0.25) is 9.69 Å². The van der Waals surface area contributed by atoms with E-state index in [1.54, 1.807) is 18.2 Å². The number of carbonyl (C=O) groups is 1. The maximum Gasteiger partial charge on any atom is 0.255 e. The molecule has 4 nitrogen and oxygen atoms in total. The molecular formula is C22H25ClFN3O. The van der Waals surface area contributed by atoms with Crippen molar-refractivity contribution in [1.29, 1.82) is 0 Å². The Morgan fingerprint density at radius 1 is 0.964 bits per heavy atom. The Balaban J connectivity index is 1.37. The SMILES string of the molecule is O=C(c1ccccc1Cl)N1CCC[C@@H](N2CCN(c3ccccc3F)CC2)C1. The number of benzene rings is 2. The third kappa shape index (κ3) is 4.01. The van der Waals surface area contributed by atoms with Crippen LogP contribution in [0.1, 0.15) is 23.2 Å². The quantitative estimate of drug-likeness (QED) is 0.780. The van der Waals surface area contributed by atoms with Gasteiger partial charge >= 0.3 is 0 Å². The van der Waals surface area contributed by atoms with Crippen LogP contribution in [0.5, 0.6) is 0 Å². The van der Waals surface area contributed by atoms with Crippen LogP contribution in [0.4, 0.5) is 10.1 Å². The van der Waals surface area contributed by atoms with E-state index in [2.05, 4.69) is 9.80 Å². The lowest BCUT2D eigenvalue weighted by atomic mass is 10.0. The van der Waals surface area contributed by atoms with Gasteiger partial charge in [-0.1, -0.05) is 35.9 Å². The highest BCUT2D eigenvalue weighted by Gasteiger charge is 2.31. The maximum atomic E-state index is 14.0. The lowest BCUT2D eigenvalue weighted by Gasteiger charge is -2.44. The second-order valence-electron chi connectivity index (χ2n) is 7.50. The van der Waals surface area contributed by atoms with Crippen LogP contribution in [0, 0.1) is 5.82 Å². The van der Waals surface area contributed by atoms with Crippen LogP contribution in [0.25, 0.3) is 0 Å². The summed E-state index contributed by atoms with van der Waals surface area (Å²) in [4.78, 5) is 19.4. The van der Waals surface area contributed by atoms with E-state index >= 15 is 0 Å². The third-order valence-electron chi connectivity index (χ3n) is 5.81. The number of rotatable bonds is 3. The zero-order valence-electron chi connectivity index (χ0n) is 15.9. The molecule has 2 aliphatic heterocycles. The Morgan fingerprint density at radius 3 is 2.43 bits per heavy atom. The van der Waals surface area contributed by atoms with Crippen molar-refractivity contribution in [3.05, 3.63) is 64.9 Å². The Morgan fingerprint density at radius 2 is 1.68 bits per heavy atom. The third-order valence-corrected chi connectivity index (χ3v) is 6.14. The number of halogens is 2. The van der Waals surface area contributed by atoms with E-state index in [-0.39, 0.29) is 11.7 Å². The van der Waals surface area contributed by atoms with Gasteiger partial charge in [0.25, 0.3) is 5.91 Å². The Bertz CT molecular complexity index is 838. The fraction of sp³-hybridized carbons (Fsp3) is 0.409. The minimum atomic E-state index is -0.162. The van der Waals surface area contributed by atoms with Gasteiger partial charge in [-0.15, -0.1) is 0 Å². The van der Waals surface area contributed by atoms with Gasteiger partial charge in [0.1, 0.15) is 5.82 Å². The van der Waals surface area contributed by atoms with Crippen molar-refractivity contribution in [3.8, 4) is 0 Å². The zero-order chi connectivity index (χ0) is 19.5. The monoisotopic (exact) mass is 401 g/mol. The number of likely N-dealkylation sites (tertiary alicyclic amines) is 1. The van der Waals surface area contributed by atoms with E-state index in [4.69, 9.17) is 11.6 Å². The average Bonchev–Trinajstić information content (AvgIpc) is 2.74. The molecule has 2 aromatic carbocycles. The number of anilines is 1. The second kappa shape index (κ2) is 8.50. The minimum absolute atomic E-state index is 0.0142. The van der Waals surface area contributed by atoms with Gasteiger partial charge in [0, 0.05) is 45.3 Å². The molecule has 4 rings (SSSR count). The maximum absolute atomic E-state index is 14.0. The standard InChI is InChI=1S/C22H25ClFN3O/c23-19-8-2-1-7-18(19)22(28)27-11-5-6-17(16-27)25-12-14-26(15-13-25)21-10-4-3-9-20(21)24/h1-4,7-10,17H,5-6,11-16H2/t17-/m1/s1. The van der Waals surface area contributed by atoms with Crippen LogP contribution in [-0.2, 0) is 0 Å². The number of piperazine rings is 1. The van der Waals surface area contributed by atoms with Gasteiger partial charge in [0.15, 0.2) is 0 Å². The molecule has 2 heterocycles. The number of nitrogens with zero attached hydrogens (tertiary/aromatic N) is 3. The molecule has 2 aliphatic rings. The summed E-state index contributed by atoms with van der Waals surface area (Å²) in [6.45, 7) is 4.87. The van der Waals surface area contributed by atoms with Crippen molar-refractivity contribution in [2.45, 2.75) is 18.9 Å². The Kier molecular flexibility index (Phi) is 5.83. The lowest BCUT2D eigenvalue weighted by Crippen LogP contribution is -2.56. The Labute approximate surface area is 170 Å². The first-order valence-electron chi connectivity index (χ1n) is 9.91. The van der Waals surface area contributed by atoms with Crippen LogP contribution in [-0.4, -0.2) is 61.0 Å². The van der Waals surface area contributed by atoms with E-state index < -0.39 is 0 Å². The van der Waals surface area contributed by atoms with Gasteiger partial charge in [0.05, 0.1) is 16.3 Å². The molecule has 2 fully saturated rings. The fourth-order valence-electron chi connectivity index (χ4n) is 4.28. The summed E-state index contributed by atoms with van der Waals surface area (Å²) in [5, 5.41) is 0.508. The summed E-state index contributed by atoms with van der Waals surface area (Å²) in [5.41, 5.74) is 1.26. The van der Waals surface area contributed by atoms with Crippen molar-refractivity contribution in [2.24, 2.45) is 0 Å². The highest BCUT2D eigenvalue weighted by atomic mass is 35.5. The lowest BCUT2D eigenvalue weighted by molar-refractivity contribution is 0.0563. The molecule has 148 valence electrons. The highest BCUT2D eigenvalue weighted by Crippen LogP contribution is 2.25. The van der Waals surface area contributed by atoms with Gasteiger partial charge in [0.2, 0.25) is 0 Å². The van der Waals surface area contributed by atoms with Crippen LogP contribution >= 0.6 is 11.6 Å². The molecular weight excluding hydrogens is 377 g/mol. The van der Waals surface area contributed by atoms with Crippen LogP contribution in [0.2, 0.25) is 5.02 Å². The molecule has 0 radical (unpaired) electrons. The largest absolute Gasteiger partial charge is 0.367 e. The van der Waals surface area contributed by atoms with E-state index in [0.29, 0.717) is 22.3 Å². The number of hydrogen-bond acceptors (Lipinski definition) is 3. The van der Waals surface area contributed by atoms with Crippen LogP contribution < -0.4 is 4.90 Å². The summed E-state index contributed by atoms with van der Waals surface area (Å²) in [6, 6.07) is 14.6. The van der Waals surface area contributed by atoms with E-state index in [1.165, 1.54) is 6.07 Å². The summed E-state index contributed by atoms with van der Waals surface area (Å²) >= 11 is 6.22. The molecule has 0 aromatic heterocycles. The highest BCUT2D eigenvalue weighted by molar-refractivity contribution is 6.33. The Hall–Kier alpha value is -2.11. The second-order valence-corrected chi connectivity index (χ2v) is 7.91. The molecule has 0 saturated carbocycles. The fourth-order valence-corrected chi connectivity index (χ4v) is 4.49. The van der Waals surface area contributed by atoms with Gasteiger partial charge < -0.3 is 9.80 Å². The van der Waals surface area contributed by atoms with Crippen molar-refractivity contribution >= 4 is 23.2 Å². The molecule has 6 heteroatoms. The summed E-state index contributed by atoms with van der Waals surface area (Å²) in [5.74, 6) is -0.148. The van der Waals surface area contributed by atoms with E-state index in [9.17, 15) is 9.18 Å². The van der Waals surface area contributed by atoms with Crippen molar-refractivity contribution in [1.82, 2.24) is 9.80 Å². The van der Waals surface area contributed by atoms with Crippen molar-refractivity contribution in [2.75, 3.05) is 44.2 Å². The number of amides is 1. The summed E-state index contributed by atoms with van der Waals surface area (Å²) < 4.78 is 14.0. The summed E-state index contributed by atoms with van der Waals surface area (Å²) in [7, 11) is 0. The van der Waals surface area contributed by atoms with Crippen LogP contribution in [0.3, 0.4) is 0 Å². The molecule has 0 bridgehead atoms. The summed E-state index contributed by atoms with van der Waals surface area (Å²) in [6.07, 6.45) is 2.08. The first-order valence-corrected chi connectivity index (χ1v) is 10.3. The van der Waals surface area contributed by atoms with E-state index in [1.807, 2.05) is 29.2 Å². The zero-order valence-corrected chi connectivity index (χ0v) is 16.6. The smallest absolute Gasteiger partial charge is 0.255 e. The average molecular weight is 402 g/mol. The predicted octanol–water partition coefficient (Wildman–Crippen LogP) is 3.91. The number of piperidine rings is 1. The first kappa shape index (κ1) is 19.2. The number of carbonyl (C=O) groups excluding carboxylic acids is 1. The van der Waals surface area contributed by atoms with Gasteiger partial charge in [-0.25, -0.2) is 4.39 Å². The number of para-hydroxylation sites is 1. The molecule has 28 heavy (non-hydrogen) atoms. The van der Waals surface area contributed by atoms with E-state index in [0.717, 1.165) is 52.1 Å². The molecule has 0 aliphatic carbocycles. The van der Waals surface area contributed by atoms with Crippen molar-refractivity contribution < 1.29 is 9.18 Å². The minimum Gasteiger partial charge on any atom is -0.367 e. The van der Waals surface area contributed by atoms with Crippen molar-refractivity contribution in [3.63, 3.8) is 0 Å². The van der Waals surface area contributed by atoms with Gasteiger partial charge in [-0.2, -0.15) is 0 Å². The number of hydrogen-bond donors (Lipinski definition) is 0. The normalized spacial score (nSPS) is 21.0. The molecule has 1 atom stereocenters. The van der Waals surface area contributed by atoms with Gasteiger partial charge in [-0.05, 0) is 37.1 Å². The molecule has 0 spiro atoms. The molecule has 0 N–H and O–H groups in total. The molecule has 1 amide bonds. The van der Waals surface area contributed by atoms with Crippen LogP contribution in [0.15, 0.2) is 48.5 Å². The topological polar surface area (TPSA) is 26.8 Å². The predicted molar refractivity (Wildman–Crippen MR) is 111 cm³/mol. The molecule has 2 saturated heterocycles.